The number of nitrogens with one attached hydrogen (secondary N) is 3. The third-order valence-electron chi connectivity index (χ3n) is 4.14. The summed E-state index contributed by atoms with van der Waals surface area (Å²) in [5, 5.41) is 9.07. The van der Waals surface area contributed by atoms with Crippen molar-refractivity contribution in [2.45, 2.75) is 25.3 Å². The maximum absolute atomic E-state index is 11.9. The van der Waals surface area contributed by atoms with Gasteiger partial charge in [0.25, 0.3) is 0 Å². The lowest BCUT2D eigenvalue weighted by Gasteiger charge is -2.18. The van der Waals surface area contributed by atoms with Crippen LogP contribution in [0.1, 0.15) is 19.3 Å². The van der Waals surface area contributed by atoms with E-state index in [4.69, 9.17) is 4.74 Å². The van der Waals surface area contributed by atoms with Crippen LogP contribution in [0.5, 0.6) is 0 Å². The molecular formula is C16H34IN5O4S. The normalized spacial score (nSPS) is 18.8. The number of carbonyl (C=O) groups is 1. The number of hydrogen-bond donors (Lipinski definition) is 3. The molecule has 1 atom stereocenters. The molecule has 3 N–H and O–H groups in total. The standard InChI is InChI=1S/C16H33N5O4S.HI/c1-17-16(19-8-10-21(2)9-4-11-25-3)18-7-5-15(22)20-14-6-12-26(23,24)13-14;/h14H,4-13H2,1-3H3,(H,20,22)(H2,17,18,19);1H. The third-order valence-corrected chi connectivity index (χ3v) is 5.91. The van der Waals surface area contributed by atoms with Gasteiger partial charge in [-0.15, -0.1) is 24.0 Å². The van der Waals surface area contributed by atoms with Gasteiger partial charge in [-0.2, -0.15) is 0 Å². The van der Waals surface area contributed by atoms with Crippen molar-refractivity contribution in [1.29, 1.82) is 0 Å². The van der Waals surface area contributed by atoms with Crippen molar-refractivity contribution in [3.8, 4) is 0 Å². The Labute approximate surface area is 180 Å². The SMILES string of the molecule is CN=C(NCCC(=O)NC1CCS(=O)(=O)C1)NCCN(C)CCCOC.I. The van der Waals surface area contributed by atoms with Gasteiger partial charge < -0.3 is 25.6 Å². The van der Waals surface area contributed by atoms with E-state index in [9.17, 15) is 13.2 Å². The first-order valence-electron chi connectivity index (χ1n) is 8.98. The summed E-state index contributed by atoms with van der Waals surface area (Å²) in [4.78, 5) is 18.2. The first kappa shape index (κ1) is 26.3. The highest BCUT2D eigenvalue weighted by molar-refractivity contribution is 14.0. The van der Waals surface area contributed by atoms with Crippen molar-refractivity contribution in [3.05, 3.63) is 0 Å². The quantitative estimate of drug-likeness (QED) is 0.145. The molecule has 0 saturated carbocycles. The molecule has 1 rings (SSSR count). The minimum atomic E-state index is -2.97. The van der Waals surface area contributed by atoms with Gasteiger partial charge in [-0.25, -0.2) is 8.42 Å². The van der Waals surface area contributed by atoms with Crippen LogP contribution >= 0.6 is 24.0 Å². The van der Waals surface area contributed by atoms with Crippen LogP contribution in [0, 0.1) is 0 Å². The fourth-order valence-corrected chi connectivity index (χ4v) is 4.35. The van der Waals surface area contributed by atoms with Crippen molar-refractivity contribution in [2.24, 2.45) is 4.99 Å². The number of aliphatic imine (C=N–C) groups is 1. The molecule has 9 nitrogen and oxygen atoms in total. The average molecular weight is 519 g/mol. The molecular weight excluding hydrogens is 485 g/mol. The van der Waals surface area contributed by atoms with Crippen LogP contribution in [0.25, 0.3) is 0 Å². The van der Waals surface area contributed by atoms with E-state index in [1.807, 2.05) is 0 Å². The molecule has 0 aromatic rings. The Morgan fingerprint density at radius 1 is 1.26 bits per heavy atom. The number of guanidine groups is 1. The molecule has 11 heteroatoms. The summed E-state index contributed by atoms with van der Waals surface area (Å²) in [6.07, 6.45) is 1.77. The molecule has 1 aliphatic heterocycles. The second-order valence-electron chi connectivity index (χ2n) is 6.49. The predicted octanol–water partition coefficient (Wildman–Crippen LogP) is -0.569. The van der Waals surface area contributed by atoms with Gasteiger partial charge in [0.1, 0.15) is 0 Å². The third kappa shape index (κ3) is 12.4. The number of nitrogens with zero attached hydrogens (tertiary/aromatic N) is 2. The molecule has 1 fully saturated rings. The smallest absolute Gasteiger partial charge is 0.222 e. The van der Waals surface area contributed by atoms with Crippen LogP contribution in [0.3, 0.4) is 0 Å². The van der Waals surface area contributed by atoms with E-state index >= 15 is 0 Å². The molecule has 0 bridgehead atoms. The topological polar surface area (TPSA) is 112 Å². The van der Waals surface area contributed by atoms with Gasteiger partial charge in [-0.3, -0.25) is 9.79 Å². The van der Waals surface area contributed by atoms with Crippen LogP contribution in [0.15, 0.2) is 4.99 Å². The summed E-state index contributed by atoms with van der Waals surface area (Å²) in [6, 6.07) is -0.251. The second kappa shape index (κ2) is 14.4. The lowest BCUT2D eigenvalue weighted by atomic mass is 10.2. The maximum atomic E-state index is 11.9. The number of sulfone groups is 1. The van der Waals surface area contributed by atoms with E-state index in [1.54, 1.807) is 14.2 Å². The summed E-state index contributed by atoms with van der Waals surface area (Å²) in [5.74, 6) is 0.708. The van der Waals surface area contributed by atoms with Crippen LogP contribution < -0.4 is 16.0 Å². The highest BCUT2D eigenvalue weighted by Crippen LogP contribution is 2.11. The van der Waals surface area contributed by atoms with E-state index in [-0.39, 0.29) is 53.9 Å². The summed E-state index contributed by atoms with van der Waals surface area (Å²) < 4.78 is 27.8. The number of rotatable bonds is 11. The number of likely N-dealkylation sites (N-methyl/N-ethyl adjacent to an activating group) is 1. The fraction of sp³-hybridized carbons (Fsp3) is 0.875. The summed E-state index contributed by atoms with van der Waals surface area (Å²) in [7, 11) is 2.47. The van der Waals surface area contributed by atoms with Gasteiger partial charge in [0, 0.05) is 59.4 Å². The fourth-order valence-electron chi connectivity index (χ4n) is 2.68. The highest BCUT2D eigenvalue weighted by Gasteiger charge is 2.28. The number of hydrogen-bond acceptors (Lipinski definition) is 6. The zero-order valence-electron chi connectivity index (χ0n) is 16.5. The molecule has 27 heavy (non-hydrogen) atoms. The van der Waals surface area contributed by atoms with E-state index in [0.717, 1.165) is 32.7 Å². The number of carbonyl (C=O) groups excluding carboxylic acids is 1. The van der Waals surface area contributed by atoms with Crippen molar-refractivity contribution < 1.29 is 17.9 Å². The minimum Gasteiger partial charge on any atom is -0.385 e. The van der Waals surface area contributed by atoms with Crippen molar-refractivity contribution in [2.75, 3.05) is 65.5 Å². The summed E-state index contributed by atoms with van der Waals surface area (Å²) in [6.45, 7) is 3.79. The molecule has 0 aromatic heterocycles. The van der Waals surface area contributed by atoms with Gasteiger partial charge in [-0.05, 0) is 19.9 Å². The molecule has 160 valence electrons. The van der Waals surface area contributed by atoms with Crippen LogP contribution in [-0.2, 0) is 19.4 Å². The molecule has 1 heterocycles. The monoisotopic (exact) mass is 519 g/mol. The Morgan fingerprint density at radius 3 is 2.56 bits per heavy atom. The second-order valence-corrected chi connectivity index (χ2v) is 8.72. The predicted molar refractivity (Wildman–Crippen MR) is 119 cm³/mol. The Kier molecular flexibility index (Phi) is 14.0. The zero-order chi connectivity index (χ0) is 19.4. The molecule has 0 spiro atoms. The first-order valence-corrected chi connectivity index (χ1v) is 10.8. The van der Waals surface area contributed by atoms with Gasteiger partial charge in [0.05, 0.1) is 11.5 Å². The van der Waals surface area contributed by atoms with Crippen LogP contribution in [0.2, 0.25) is 0 Å². The summed E-state index contributed by atoms with van der Waals surface area (Å²) >= 11 is 0. The van der Waals surface area contributed by atoms with E-state index in [1.165, 1.54) is 0 Å². The van der Waals surface area contributed by atoms with Gasteiger partial charge >= 0.3 is 0 Å². The number of halogens is 1. The van der Waals surface area contributed by atoms with Gasteiger partial charge in [0.2, 0.25) is 5.91 Å². The van der Waals surface area contributed by atoms with Crippen molar-refractivity contribution in [3.63, 3.8) is 0 Å². The number of methoxy groups -OCH3 is 1. The zero-order valence-corrected chi connectivity index (χ0v) is 19.6. The van der Waals surface area contributed by atoms with E-state index < -0.39 is 9.84 Å². The molecule has 0 aliphatic carbocycles. The van der Waals surface area contributed by atoms with E-state index in [2.05, 4.69) is 32.9 Å². The van der Waals surface area contributed by atoms with Gasteiger partial charge in [-0.1, -0.05) is 0 Å². The van der Waals surface area contributed by atoms with Crippen molar-refractivity contribution >= 4 is 45.7 Å². The number of ether oxygens (including phenoxy) is 1. The molecule has 1 amide bonds. The minimum absolute atomic E-state index is 0. The lowest BCUT2D eigenvalue weighted by Crippen LogP contribution is -2.43. The first-order chi connectivity index (χ1) is 12.4. The molecule has 1 aliphatic rings. The highest BCUT2D eigenvalue weighted by atomic mass is 127. The lowest BCUT2D eigenvalue weighted by molar-refractivity contribution is -0.121. The largest absolute Gasteiger partial charge is 0.385 e. The Balaban J connectivity index is 0.00000676. The van der Waals surface area contributed by atoms with Crippen molar-refractivity contribution in [1.82, 2.24) is 20.9 Å². The van der Waals surface area contributed by atoms with E-state index in [0.29, 0.717) is 18.9 Å². The molecule has 0 radical (unpaired) electrons. The number of amides is 1. The molecule has 0 aromatic carbocycles. The molecule has 1 saturated heterocycles. The van der Waals surface area contributed by atoms with Crippen LogP contribution in [0.4, 0.5) is 0 Å². The van der Waals surface area contributed by atoms with Gasteiger partial charge in [0.15, 0.2) is 15.8 Å². The maximum Gasteiger partial charge on any atom is 0.222 e. The average Bonchev–Trinajstić information content (AvgIpc) is 2.92. The Morgan fingerprint density at radius 2 is 1.96 bits per heavy atom. The van der Waals surface area contributed by atoms with Crippen LogP contribution in [-0.4, -0.2) is 96.7 Å². The Bertz CT molecular complexity index is 559. The Hall–Kier alpha value is -0.660. The molecule has 1 unspecified atom stereocenters. The summed E-state index contributed by atoms with van der Waals surface area (Å²) in [5.41, 5.74) is 0.